The van der Waals surface area contributed by atoms with Gasteiger partial charge in [0.15, 0.2) is 0 Å². The smallest absolute Gasteiger partial charge is 0.302 e. The molecule has 1 saturated heterocycles. The maximum absolute atomic E-state index is 11.3. The molecule has 1 amide bonds. The lowest BCUT2D eigenvalue weighted by Crippen LogP contribution is -2.53. The average Bonchev–Trinajstić information content (AvgIpc) is 2.53. The van der Waals surface area contributed by atoms with Crippen LogP contribution in [0.25, 0.3) is 0 Å². The lowest BCUT2D eigenvalue weighted by molar-refractivity contribution is -0.153. The molecular weight excluding hydrogens is 298 g/mol. The second kappa shape index (κ2) is 8.64. The van der Waals surface area contributed by atoms with E-state index in [0.29, 0.717) is 19.6 Å². The average molecular weight is 321 g/mol. The van der Waals surface area contributed by atoms with E-state index in [1.165, 1.54) is 13.8 Å². The van der Waals surface area contributed by atoms with Gasteiger partial charge in [0.1, 0.15) is 6.61 Å². The van der Waals surface area contributed by atoms with E-state index in [9.17, 15) is 9.59 Å². The molecule has 0 spiro atoms. The van der Waals surface area contributed by atoms with Gasteiger partial charge in [-0.25, -0.2) is 0 Å². The van der Waals surface area contributed by atoms with Crippen LogP contribution in [0.2, 0.25) is 0 Å². The lowest BCUT2D eigenvalue weighted by Gasteiger charge is -2.36. The van der Waals surface area contributed by atoms with Gasteiger partial charge in [0.2, 0.25) is 5.91 Å². The fraction of sp³-hybridized carbons (Fsp3) is 0.529. The van der Waals surface area contributed by atoms with Crippen molar-refractivity contribution >= 4 is 11.9 Å². The van der Waals surface area contributed by atoms with Crippen molar-refractivity contribution in [1.29, 1.82) is 0 Å². The van der Waals surface area contributed by atoms with E-state index in [0.717, 1.165) is 5.56 Å². The Balaban J connectivity index is 1.93. The van der Waals surface area contributed by atoms with Crippen LogP contribution in [0.3, 0.4) is 0 Å². The standard InChI is InChI=1S/C17H23NO5/c1-12(19)18-16-11-22-15(10-21-13(2)20)8-17(16)23-9-14-6-4-3-5-7-14/h3-7,15-17H,8-11H2,1-2H3,(H,18,19)/t15?,16?,17-/m0/s1. The molecule has 2 unspecified atom stereocenters. The molecule has 1 aromatic rings. The third-order valence-corrected chi connectivity index (χ3v) is 3.62. The number of carbonyl (C=O) groups excluding carboxylic acids is 2. The minimum atomic E-state index is -0.334. The van der Waals surface area contributed by atoms with E-state index >= 15 is 0 Å². The first kappa shape index (κ1) is 17.4. The van der Waals surface area contributed by atoms with E-state index < -0.39 is 0 Å². The van der Waals surface area contributed by atoms with Crippen LogP contribution in [0, 0.1) is 0 Å². The minimum absolute atomic E-state index is 0.120. The van der Waals surface area contributed by atoms with E-state index in [1.54, 1.807) is 0 Å². The van der Waals surface area contributed by atoms with E-state index in [1.807, 2.05) is 30.3 Å². The summed E-state index contributed by atoms with van der Waals surface area (Å²) in [5, 5.41) is 2.86. The fourth-order valence-electron chi connectivity index (χ4n) is 2.52. The number of benzene rings is 1. The Labute approximate surface area is 136 Å². The molecule has 23 heavy (non-hydrogen) atoms. The first-order valence-electron chi connectivity index (χ1n) is 7.72. The summed E-state index contributed by atoms with van der Waals surface area (Å²) in [6.45, 7) is 3.84. The van der Waals surface area contributed by atoms with Gasteiger partial charge < -0.3 is 19.5 Å². The second-order valence-electron chi connectivity index (χ2n) is 5.64. The van der Waals surface area contributed by atoms with E-state index in [-0.39, 0.29) is 36.7 Å². The quantitative estimate of drug-likeness (QED) is 0.802. The van der Waals surface area contributed by atoms with Gasteiger partial charge in [0.05, 0.1) is 31.5 Å². The molecule has 3 atom stereocenters. The van der Waals surface area contributed by atoms with E-state index in [4.69, 9.17) is 14.2 Å². The first-order chi connectivity index (χ1) is 11.0. The molecule has 0 aromatic heterocycles. The number of nitrogens with one attached hydrogen (secondary N) is 1. The summed E-state index contributed by atoms with van der Waals surface area (Å²) in [4.78, 5) is 22.3. The van der Waals surface area contributed by atoms with Crippen LogP contribution < -0.4 is 5.32 Å². The molecule has 0 aliphatic carbocycles. The third-order valence-electron chi connectivity index (χ3n) is 3.62. The summed E-state index contributed by atoms with van der Waals surface area (Å²) in [5.41, 5.74) is 1.07. The molecule has 0 saturated carbocycles. The van der Waals surface area contributed by atoms with Crippen LogP contribution in [0.1, 0.15) is 25.8 Å². The molecule has 0 bridgehead atoms. The van der Waals surface area contributed by atoms with Gasteiger partial charge in [-0.05, 0) is 5.56 Å². The number of carbonyl (C=O) groups is 2. The third kappa shape index (κ3) is 6.00. The second-order valence-corrected chi connectivity index (χ2v) is 5.64. The molecule has 126 valence electrons. The van der Waals surface area contributed by atoms with Gasteiger partial charge in [-0.3, -0.25) is 9.59 Å². The van der Waals surface area contributed by atoms with Crippen molar-refractivity contribution in [2.75, 3.05) is 13.2 Å². The van der Waals surface area contributed by atoms with Gasteiger partial charge in [0, 0.05) is 20.3 Å². The van der Waals surface area contributed by atoms with Crippen molar-refractivity contribution < 1.29 is 23.8 Å². The molecule has 1 N–H and O–H groups in total. The zero-order valence-electron chi connectivity index (χ0n) is 13.5. The molecule has 1 heterocycles. The Bertz CT molecular complexity index is 519. The highest BCUT2D eigenvalue weighted by atomic mass is 16.6. The van der Waals surface area contributed by atoms with Crippen molar-refractivity contribution in [1.82, 2.24) is 5.32 Å². The Hall–Kier alpha value is -1.92. The predicted molar refractivity (Wildman–Crippen MR) is 83.6 cm³/mol. The van der Waals surface area contributed by atoms with Crippen LogP contribution in [0.15, 0.2) is 30.3 Å². The molecule has 1 aromatic carbocycles. The Kier molecular flexibility index (Phi) is 6.55. The molecule has 6 heteroatoms. The van der Waals surface area contributed by atoms with Gasteiger partial charge in [0.25, 0.3) is 0 Å². The minimum Gasteiger partial charge on any atom is -0.463 e. The summed E-state index contributed by atoms with van der Waals surface area (Å²) in [6, 6.07) is 9.64. The van der Waals surface area contributed by atoms with Crippen molar-refractivity contribution in [2.45, 2.75) is 45.1 Å². The first-order valence-corrected chi connectivity index (χ1v) is 7.72. The molecule has 1 fully saturated rings. The molecule has 1 aliphatic heterocycles. The van der Waals surface area contributed by atoms with Crippen LogP contribution in [-0.4, -0.2) is 43.3 Å². The summed E-state index contributed by atoms with van der Waals surface area (Å²) >= 11 is 0. The summed E-state index contributed by atoms with van der Waals surface area (Å²) in [5.74, 6) is -0.454. The highest BCUT2D eigenvalue weighted by molar-refractivity contribution is 5.73. The molecule has 1 aliphatic rings. The van der Waals surface area contributed by atoms with Crippen molar-refractivity contribution in [2.24, 2.45) is 0 Å². The van der Waals surface area contributed by atoms with Crippen molar-refractivity contribution in [3.8, 4) is 0 Å². The molecular formula is C17H23NO5. The SMILES string of the molecule is CC(=O)NC1COC(COC(C)=O)C[C@@H]1OCc1ccccc1. The Morgan fingerprint density at radius 1 is 1.26 bits per heavy atom. The van der Waals surface area contributed by atoms with Crippen molar-refractivity contribution in [3.05, 3.63) is 35.9 Å². The Morgan fingerprint density at radius 2 is 2.00 bits per heavy atom. The zero-order valence-corrected chi connectivity index (χ0v) is 13.5. The lowest BCUT2D eigenvalue weighted by atomic mass is 10.0. The van der Waals surface area contributed by atoms with Crippen LogP contribution in [-0.2, 0) is 30.4 Å². The number of rotatable bonds is 6. The number of hydrogen-bond donors (Lipinski definition) is 1. The molecule has 0 radical (unpaired) electrons. The number of amides is 1. The normalized spacial score (nSPS) is 24.0. The van der Waals surface area contributed by atoms with Gasteiger partial charge >= 0.3 is 5.97 Å². The van der Waals surface area contributed by atoms with Crippen LogP contribution in [0.5, 0.6) is 0 Å². The van der Waals surface area contributed by atoms with E-state index in [2.05, 4.69) is 5.32 Å². The van der Waals surface area contributed by atoms with Crippen LogP contribution >= 0.6 is 0 Å². The fourth-order valence-corrected chi connectivity index (χ4v) is 2.52. The summed E-state index contributed by atoms with van der Waals surface area (Å²) in [7, 11) is 0. The maximum atomic E-state index is 11.3. The van der Waals surface area contributed by atoms with Gasteiger partial charge in [-0.15, -0.1) is 0 Å². The largest absolute Gasteiger partial charge is 0.463 e. The Morgan fingerprint density at radius 3 is 2.65 bits per heavy atom. The van der Waals surface area contributed by atoms with Crippen LogP contribution in [0.4, 0.5) is 0 Å². The molecule has 6 nitrogen and oxygen atoms in total. The zero-order chi connectivity index (χ0) is 16.7. The predicted octanol–water partition coefficient (Wildman–Crippen LogP) is 1.43. The maximum Gasteiger partial charge on any atom is 0.302 e. The van der Waals surface area contributed by atoms with Gasteiger partial charge in [-0.1, -0.05) is 30.3 Å². The number of esters is 1. The highest BCUT2D eigenvalue weighted by Gasteiger charge is 2.33. The monoisotopic (exact) mass is 321 g/mol. The highest BCUT2D eigenvalue weighted by Crippen LogP contribution is 2.20. The summed E-state index contributed by atoms with van der Waals surface area (Å²) in [6.07, 6.45) is 0.156. The number of ether oxygens (including phenoxy) is 3. The molecule has 2 rings (SSSR count). The topological polar surface area (TPSA) is 73.9 Å². The number of hydrogen-bond acceptors (Lipinski definition) is 5. The van der Waals surface area contributed by atoms with Gasteiger partial charge in [-0.2, -0.15) is 0 Å². The summed E-state index contributed by atoms with van der Waals surface area (Å²) < 4.78 is 16.6. The van der Waals surface area contributed by atoms with Crippen molar-refractivity contribution in [3.63, 3.8) is 0 Å².